The molecule has 37 heavy (non-hydrogen) atoms. The Kier molecular flexibility index (Phi) is 11.7. The SMILES string of the molecule is CC(C)CNC(=O)[C@H](Cc1ccccc1)N(Cc1ccc(Cl)cc1Cl)C(=O)CSCc1cccc(Cl)c1. The van der Waals surface area contributed by atoms with E-state index < -0.39 is 6.04 Å². The molecule has 3 aromatic carbocycles. The van der Waals surface area contributed by atoms with Crippen molar-refractivity contribution in [3.8, 4) is 0 Å². The lowest BCUT2D eigenvalue weighted by molar-refractivity contribution is -0.139. The van der Waals surface area contributed by atoms with Crippen LogP contribution in [0.15, 0.2) is 72.8 Å². The van der Waals surface area contributed by atoms with Gasteiger partial charge >= 0.3 is 0 Å². The normalized spacial score (nSPS) is 11.8. The molecule has 1 atom stereocenters. The van der Waals surface area contributed by atoms with Crippen molar-refractivity contribution in [2.45, 2.75) is 38.6 Å². The highest BCUT2D eigenvalue weighted by atomic mass is 35.5. The molecule has 0 aliphatic carbocycles. The van der Waals surface area contributed by atoms with Crippen molar-refractivity contribution in [3.63, 3.8) is 0 Å². The Morgan fingerprint density at radius 1 is 0.892 bits per heavy atom. The first-order chi connectivity index (χ1) is 17.7. The van der Waals surface area contributed by atoms with E-state index in [1.165, 1.54) is 11.8 Å². The summed E-state index contributed by atoms with van der Waals surface area (Å²) in [6.45, 7) is 4.79. The van der Waals surface area contributed by atoms with E-state index in [4.69, 9.17) is 34.8 Å². The number of carbonyl (C=O) groups excluding carboxylic acids is 2. The molecule has 4 nitrogen and oxygen atoms in total. The topological polar surface area (TPSA) is 49.4 Å². The van der Waals surface area contributed by atoms with Crippen LogP contribution in [0.5, 0.6) is 0 Å². The van der Waals surface area contributed by atoms with Gasteiger partial charge in [0.05, 0.1) is 5.75 Å². The first kappa shape index (κ1) is 29.4. The number of hydrogen-bond acceptors (Lipinski definition) is 3. The van der Waals surface area contributed by atoms with Gasteiger partial charge in [-0.05, 0) is 46.9 Å². The van der Waals surface area contributed by atoms with Gasteiger partial charge in [0.25, 0.3) is 0 Å². The lowest BCUT2D eigenvalue weighted by atomic mass is 10.0. The molecule has 0 radical (unpaired) electrons. The van der Waals surface area contributed by atoms with Gasteiger partial charge in [-0.3, -0.25) is 9.59 Å². The summed E-state index contributed by atoms with van der Waals surface area (Å²) in [6.07, 6.45) is 0.390. The Balaban J connectivity index is 1.87. The third kappa shape index (κ3) is 9.57. The van der Waals surface area contributed by atoms with Crippen molar-refractivity contribution in [1.29, 1.82) is 0 Å². The molecule has 8 heteroatoms. The minimum Gasteiger partial charge on any atom is -0.354 e. The van der Waals surface area contributed by atoms with E-state index in [0.29, 0.717) is 33.8 Å². The molecule has 3 rings (SSSR count). The standard InChI is InChI=1S/C29H31Cl3N2O2S/c1-20(2)16-33-29(36)27(14-21-7-4-3-5-8-21)34(17-23-11-12-25(31)15-26(23)32)28(35)19-37-18-22-9-6-10-24(30)13-22/h3-13,15,20,27H,14,16-19H2,1-2H3,(H,33,36)/t27-/m0/s1. The van der Waals surface area contributed by atoms with Crippen LogP contribution in [0.25, 0.3) is 0 Å². The fraction of sp³-hybridized carbons (Fsp3) is 0.310. The third-order valence-electron chi connectivity index (χ3n) is 5.69. The number of benzene rings is 3. The van der Waals surface area contributed by atoms with Gasteiger partial charge in [-0.1, -0.05) is 97.2 Å². The van der Waals surface area contributed by atoms with Crippen molar-refractivity contribution in [2.75, 3.05) is 12.3 Å². The van der Waals surface area contributed by atoms with Gasteiger partial charge in [0.1, 0.15) is 6.04 Å². The quantitative estimate of drug-likeness (QED) is 0.246. The number of carbonyl (C=O) groups is 2. The maximum Gasteiger partial charge on any atom is 0.243 e. The fourth-order valence-corrected chi connectivity index (χ4v) is 5.31. The van der Waals surface area contributed by atoms with Crippen molar-refractivity contribution in [1.82, 2.24) is 10.2 Å². The second kappa shape index (κ2) is 14.7. The van der Waals surface area contributed by atoms with Gasteiger partial charge in [-0.2, -0.15) is 0 Å². The van der Waals surface area contributed by atoms with Crippen LogP contribution >= 0.6 is 46.6 Å². The lowest BCUT2D eigenvalue weighted by Gasteiger charge is -2.32. The van der Waals surface area contributed by atoms with E-state index in [0.717, 1.165) is 16.7 Å². The van der Waals surface area contributed by atoms with Crippen LogP contribution in [0.3, 0.4) is 0 Å². The molecule has 0 unspecified atom stereocenters. The highest BCUT2D eigenvalue weighted by molar-refractivity contribution is 7.99. The summed E-state index contributed by atoms with van der Waals surface area (Å²) in [7, 11) is 0. The van der Waals surface area contributed by atoms with Crippen LogP contribution in [0.4, 0.5) is 0 Å². The molecule has 0 aromatic heterocycles. The minimum absolute atomic E-state index is 0.140. The van der Waals surface area contributed by atoms with Crippen LogP contribution < -0.4 is 5.32 Å². The molecular weight excluding hydrogens is 547 g/mol. The second-order valence-electron chi connectivity index (χ2n) is 9.22. The summed E-state index contributed by atoms with van der Waals surface area (Å²) in [5, 5.41) is 4.66. The molecule has 0 spiro atoms. The monoisotopic (exact) mass is 576 g/mol. The molecule has 3 aromatic rings. The van der Waals surface area contributed by atoms with Gasteiger partial charge < -0.3 is 10.2 Å². The first-order valence-corrected chi connectivity index (χ1v) is 14.4. The van der Waals surface area contributed by atoms with E-state index >= 15 is 0 Å². The average Bonchev–Trinajstić information content (AvgIpc) is 2.86. The number of hydrogen-bond donors (Lipinski definition) is 1. The molecule has 0 aliphatic rings. The molecule has 1 N–H and O–H groups in total. The zero-order valence-corrected chi connectivity index (χ0v) is 24.0. The average molecular weight is 578 g/mol. The Bertz CT molecular complexity index is 1190. The zero-order valence-electron chi connectivity index (χ0n) is 20.9. The highest BCUT2D eigenvalue weighted by Crippen LogP contribution is 2.25. The highest BCUT2D eigenvalue weighted by Gasteiger charge is 2.30. The van der Waals surface area contributed by atoms with Crippen molar-refractivity contribution < 1.29 is 9.59 Å². The molecule has 0 bridgehead atoms. The van der Waals surface area contributed by atoms with Crippen molar-refractivity contribution in [3.05, 3.63) is 105 Å². The van der Waals surface area contributed by atoms with Gasteiger partial charge in [0.15, 0.2) is 0 Å². The molecule has 0 fully saturated rings. The van der Waals surface area contributed by atoms with Crippen LogP contribution in [0.2, 0.25) is 15.1 Å². The molecular formula is C29H31Cl3N2O2S. The van der Waals surface area contributed by atoms with Crippen molar-refractivity contribution >= 4 is 58.4 Å². The van der Waals surface area contributed by atoms with Gasteiger partial charge in [-0.15, -0.1) is 11.8 Å². The number of rotatable bonds is 12. The number of nitrogens with one attached hydrogen (secondary N) is 1. The van der Waals surface area contributed by atoms with E-state index in [9.17, 15) is 9.59 Å². The second-order valence-corrected chi connectivity index (χ2v) is 11.5. The number of thioether (sulfide) groups is 1. The maximum atomic E-state index is 13.7. The van der Waals surface area contributed by atoms with E-state index in [2.05, 4.69) is 5.32 Å². The van der Waals surface area contributed by atoms with Crippen molar-refractivity contribution in [2.24, 2.45) is 5.92 Å². The van der Waals surface area contributed by atoms with E-state index in [-0.39, 0.29) is 30.0 Å². The fourth-order valence-electron chi connectivity index (χ4n) is 3.78. The summed E-state index contributed by atoms with van der Waals surface area (Å²) < 4.78 is 0. The summed E-state index contributed by atoms with van der Waals surface area (Å²) in [5.74, 6) is 0.796. The third-order valence-corrected chi connectivity index (χ3v) is 7.51. The molecule has 0 heterocycles. The Labute approximate surface area is 238 Å². The predicted octanol–water partition coefficient (Wildman–Crippen LogP) is 7.29. The summed E-state index contributed by atoms with van der Waals surface area (Å²) in [5.41, 5.74) is 2.74. The molecule has 0 aliphatic heterocycles. The lowest BCUT2D eigenvalue weighted by Crippen LogP contribution is -2.51. The smallest absolute Gasteiger partial charge is 0.243 e. The van der Waals surface area contributed by atoms with E-state index in [1.807, 2.05) is 68.4 Å². The summed E-state index contributed by atoms with van der Waals surface area (Å²) >= 11 is 20.2. The van der Waals surface area contributed by atoms with E-state index in [1.54, 1.807) is 23.1 Å². The Hall–Kier alpha value is -2.18. The van der Waals surface area contributed by atoms with Crippen LogP contribution in [-0.4, -0.2) is 35.1 Å². The Morgan fingerprint density at radius 3 is 2.27 bits per heavy atom. The summed E-state index contributed by atoms with van der Waals surface area (Å²) in [6, 6.07) is 21.8. The largest absolute Gasteiger partial charge is 0.354 e. The summed E-state index contributed by atoms with van der Waals surface area (Å²) in [4.78, 5) is 28.8. The molecule has 196 valence electrons. The predicted molar refractivity (Wildman–Crippen MR) is 156 cm³/mol. The van der Waals surface area contributed by atoms with Crippen LogP contribution in [-0.2, 0) is 28.3 Å². The van der Waals surface area contributed by atoms with Gasteiger partial charge in [0.2, 0.25) is 11.8 Å². The maximum absolute atomic E-state index is 13.7. The van der Waals surface area contributed by atoms with Crippen LogP contribution in [0.1, 0.15) is 30.5 Å². The molecule has 0 saturated carbocycles. The Morgan fingerprint density at radius 2 is 1.59 bits per heavy atom. The molecule has 2 amide bonds. The molecule has 0 saturated heterocycles. The zero-order chi connectivity index (χ0) is 26.8. The van der Waals surface area contributed by atoms with Crippen LogP contribution in [0, 0.1) is 5.92 Å². The number of halogens is 3. The minimum atomic E-state index is -0.702. The van der Waals surface area contributed by atoms with Gasteiger partial charge in [-0.25, -0.2) is 0 Å². The number of nitrogens with zero attached hydrogens (tertiary/aromatic N) is 1. The van der Waals surface area contributed by atoms with Gasteiger partial charge in [0, 0.05) is 40.3 Å². The first-order valence-electron chi connectivity index (χ1n) is 12.1. The number of amides is 2.